The molecule has 102 valence electrons. The number of H-pyrrole nitrogens is 1. The molecule has 2 aromatic rings. The third-order valence-electron chi connectivity index (χ3n) is 2.67. The molecule has 0 aliphatic rings. The second kappa shape index (κ2) is 6.41. The Morgan fingerprint density at radius 1 is 1.53 bits per heavy atom. The molecule has 0 radical (unpaired) electrons. The fraction of sp³-hybridized carbons (Fsp3) is 0.385. The minimum atomic E-state index is -0.168. The van der Waals surface area contributed by atoms with Crippen molar-refractivity contribution in [1.29, 1.82) is 0 Å². The molecule has 0 saturated heterocycles. The van der Waals surface area contributed by atoms with Gasteiger partial charge in [-0.2, -0.15) is 11.8 Å². The summed E-state index contributed by atoms with van der Waals surface area (Å²) in [4.78, 5) is 19.1. The van der Waals surface area contributed by atoms with Crippen molar-refractivity contribution >= 4 is 34.3 Å². The minimum absolute atomic E-state index is 0.168. The SMILES string of the molecule is CC(CO)CSCc1nc2ccc(Cl)cc2c(=O)[nH]1. The molecule has 0 amide bonds. The quantitative estimate of drug-likeness (QED) is 0.890. The normalized spacial score (nSPS) is 12.8. The lowest BCUT2D eigenvalue weighted by atomic mass is 10.2. The lowest BCUT2D eigenvalue weighted by molar-refractivity contribution is 0.250. The van der Waals surface area contributed by atoms with Crippen molar-refractivity contribution in [2.75, 3.05) is 12.4 Å². The number of nitrogens with one attached hydrogen (secondary N) is 1. The fourth-order valence-corrected chi connectivity index (χ4v) is 2.77. The van der Waals surface area contributed by atoms with E-state index in [1.54, 1.807) is 30.0 Å². The molecule has 0 saturated carbocycles. The van der Waals surface area contributed by atoms with Gasteiger partial charge in [-0.15, -0.1) is 0 Å². The first-order valence-corrected chi connectivity index (χ1v) is 7.50. The number of fused-ring (bicyclic) bond motifs is 1. The average Bonchev–Trinajstić information content (AvgIpc) is 2.39. The zero-order valence-corrected chi connectivity index (χ0v) is 12.1. The van der Waals surface area contributed by atoms with Crippen LogP contribution in [0, 0.1) is 5.92 Å². The van der Waals surface area contributed by atoms with Crippen molar-refractivity contribution < 1.29 is 5.11 Å². The van der Waals surface area contributed by atoms with Gasteiger partial charge in [0.2, 0.25) is 0 Å². The van der Waals surface area contributed by atoms with E-state index in [4.69, 9.17) is 16.7 Å². The van der Waals surface area contributed by atoms with E-state index in [2.05, 4.69) is 9.97 Å². The number of hydrogen-bond acceptors (Lipinski definition) is 4. The standard InChI is InChI=1S/C13H15ClN2O2S/c1-8(5-17)6-19-7-12-15-11-3-2-9(14)4-10(11)13(18)16-12/h2-4,8,17H,5-7H2,1H3,(H,15,16,18). The molecule has 1 heterocycles. The maximum atomic E-state index is 11.9. The predicted molar refractivity (Wildman–Crippen MR) is 79.8 cm³/mol. The highest BCUT2D eigenvalue weighted by Gasteiger charge is 2.06. The number of hydrogen-bond donors (Lipinski definition) is 2. The van der Waals surface area contributed by atoms with Crippen LogP contribution in [0.4, 0.5) is 0 Å². The first-order chi connectivity index (χ1) is 9.10. The molecule has 0 aliphatic carbocycles. The topological polar surface area (TPSA) is 66.0 Å². The molecule has 2 rings (SSSR count). The van der Waals surface area contributed by atoms with E-state index in [1.165, 1.54) is 0 Å². The number of thioether (sulfide) groups is 1. The Kier molecular flexibility index (Phi) is 4.85. The molecule has 0 spiro atoms. The van der Waals surface area contributed by atoms with E-state index in [0.717, 1.165) is 5.75 Å². The molecule has 0 aliphatic heterocycles. The molecule has 0 bridgehead atoms. The summed E-state index contributed by atoms with van der Waals surface area (Å²) in [5.41, 5.74) is 0.484. The van der Waals surface area contributed by atoms with Crippen molar-refractivity contribution in [3.05, 3.63) is 39.4 Å². The summed E-state index contributed by atoms with van der Waals surface area (Å²) in [7, 11) is 0. The number of benzene rings is 1. The lowest BCUT2D eigenvalue weighted by Crippen LogP contribution is -2.12. The highest BCUT2D eigenvalue weighted by molar-refractivity contribution is 7.98. The van der Waals surface area contributed by atoms with Crippen LogP contribution >= 0.6 is 23.4 Å². The minimum Gasteiger partial charge on any atom is -0.396 e. The van der Waals surface area contributed by atoms with E-state index < -0.39 is 0 Å². The number of aromatic nitrogens is 2. The van der Waals surface area contributed by atoms with Crippen LogP contribution in [0.1, 0.15) is 12.7 Å². The van der Waals surface area contributed by atoms with E-state index >= 15 is 0 Å². The molecule has 6 heteroatoms. The van der Waals surface area contributed by atoms with Crippen molar-refractivity contribution in [3.63, 3.8) is 0 Å². The fourth-order valence-electron chi connectivity index (χ4n) is 1.64. The molecule has 2 N–H and O–H groups in total. The summed E-state index contributed by atoms with van der Waals surface area (Å²) >= 11 is 7.50. The van der Waals surface area contributed by atoms with Gasteiger partial charge in [0.15, 0.2) is 0 Å². The Balaban J connectivity index is 2.17. The summed E-state index contributed by atoms with van der Waals surface area (Å²) in [6.45, 7) is 2.15. The van der Waals surface area contributed by atoms with Gasteiger partial charge in [-0.25, -0.2) is 4.98 Å². The molecule has 4 nitrogen and oxygen atoms in total. The zero-order chi connectivity index (χ0) is 13.8. The first-order valence-electron chi connectivity index (χ1n) is 5.97. The molecule has 1 aromatic heterocycles. The van der Waals surface area contributed by atoms with Gasteiger partial charge < -0.3 is 10.1 Å². The molecule has 19 heavy (non-hydrogen) atoms. The second-order valence-corrected chi connectivity index (χ2v) is 5.94. The summed E-state index contributed by atoms with van der Waals surface area (Å²) in [5.74, 6) is 2.35. The predicted octanol–water partition coefficient (Wildman–Crippen LogP) is 2.44. The summed E-state index contributed by atoms with van der Waals surface area (Å²) in [6, 6.07) is 5.09. The molecule has 0 fully saturated rings. The first kappa shape index (κ1) is 14.4. The van der Waals surface area contributed by atoms with E-state index in [9.17, 15) is 4.79 Å². The van der Waals surface area contributed by atoms with Gasteiger partial charge >= 0.3 is 0 Å². The van der Waals surface area contributed by atoms with Gasteiger partial charge in [-0.1, -0.05) is 18.5 Å². The molecular formula is C13H15ClN2O2S. The van der Waals surface area contributed by atoms with Crippen molar-refractivity contribution in [1.82, 2.24) is 9.97 Å². The van der Waals surface area contributed by atoms with Gasteiger partial charge in [0, 0.05) is 11.6 Å². The number of halogens is 1. The van der Waals surface area contributed by atoms with Crippen molar-refractivity contribution in [2.45, 2.75) is 12.7 Å². The van der Waals surface area contributed by atoms with E-state index in [1.807, 2.05) is 6.92 Å². The van der Waals surface area contributed by atoms with Crippen LogP contribution in [0.25, 0.3) is 10.9 Å². The van der Waals surface area contributed by atoms with Crippen LogP contribution in [-0.2, 0) is 5.75 Å². The van der Waals surface area contributed by atoms with Gasteiger partial charge in [0.05, 0.1) is 16.7 Å². The van der Waals surface area contributed by atoms with Gasteiger partial charge in [0.25, 0.3) is 5.56 Å². The van der Waals surface area contributed by atoms with Crippen LogP contribution in [0.2, 0.25) is 5.02 Å². The summed E-state index contributed by atoms with van der Waals surface area (Å²) in [6.07, 6.45) is 0. The molecule has 1 unspecified atom stereocenters. The lowest BCUT2D eigenvalue weighted by Gasteiger charge is -2.07. The van der Waals surface area contributed by atoms with Crippen molar-refractivity contribution in [3.8, 4) is 0 Å². The van der Waals surface area contributed by atoms with E-state index in [0.29, 0.717) is 27.5 Å². The Bertz CT molecular complexity index is 630. The second-order valence-electron chi connectivity index (χ2n) is 4.48. The Morgan fingerprint density at radius 2 is 2.32 bits per heavy atom. The van der Waals surface area contributed by atoms with Crippen LogP contribution in [0.3, 0.4) is 0 Å². The monoisotopic (exact) mass is 298 g/mol. The number of nitrogens with zero attached hydrogens (tertiary/aromatic N) is 1. The maximum absolute atomic E-state index is 11.9. The highest BCUT2D eigenvalue weighted by Crippen LogP contribution is 2.16. The Labute approximate surface area is 120 Å². The van der Waals surface area contributed by atoms with E-state index in [-0.39, 0.29) is 18.1 Å². The smallest absolute Gasteiger partial charge is 0.258 e. The number of rotatable bonds is 5. The largest absolute Gasteiger partial charge is 0.396 e. The zero-order valence-electron chi connectivity index (χ0n) is 10.5. The average molecular weight is 299 g/mol. The third-order valence-corrected chi connectivity index (χ3v) is 4.19. The van der Waals surface area contributed by atoms with Gasteiger partial charge in [-0.05, 0) is 29.9 Å². The molecule has 1 aromatic carbocycles. The summed E-state index contributed by atoms with van der Waals surface area (Å²) in [5, 5.41) is 9.98. The van der Waals surface area contributed by atoms with Gasteiger partial charge in [-0.3, -0.25) is 4.79 Å². The highest BCUT2D eigenvalue weighted by atomic mass is 35.5. The number of aliphatic hydroxyl groups is 1. The van der Waals surface area contributed by atoms with Gasteiger partial charge in [0.1, 0.15) is 5.82 Å². The van der Waals surface area contributed by atoms with Crippen LogP contribution in [-0.4, -0.2) is 27.4 Å². The van der Waals surface area contributed by atoms with Crippen molar-refractivity contribution in [2.24, 2.45) is 5.92 Å². The van der Waals surface area contributed by atoms with Crippen LogP contribution in [0.5, 0.6) is 0 Å². The number of aromatic amines is 1. The molecule has 1 atom stereocenters. The number of aliphatic hydroxyl groups excluding tert-OH is 1. The Hall–Kier alpha value is -1.04. The Morgan fingerprint density at radius 3 is 3.05 bits per heavy atom. The third kappa shape index (κ3) is 3.72. The summed E-state index contributed by atoms with van der Waals surface area (Å²) < 4.78 is 0. The maximum Gasteiger partial charge on any atom is 0.258 e. The van der Waals surface area contributed by atoms with Crippen LogP contribution < -0.4 is 5.56 Å². The van der Waals surface area contributed by atoms with Crippen LogP contribution in [0.15, 0.2) is 23.0 Å². The molecular weight excluding hydrogens is 284 g/mol.